The molecule has 7 rings (SSSR count). The van der Waals surface area contributed by atoms with Crippen LogP contribution in [0.15, 0.2) is 121 Å². The molecule has 1 saturated carbocycles. The molecule has 38 heavy (non-hydrogen) atoms. The molecule has 4 unspecified atom stereocenters. The van der Waals surface area contributed by atoms with Crippen LogP contribution in [0.5, 0.6) is 0 Å². The van der Waals surface area contributed by atoms with Gasteiger partial charge in [0.05, 0.1) is 0 Å². The molecule has 4 aromatic carbocycles. The van der Waals surface area contributed by atoms with Crippen LogP contribution in [0.3, 0.4) is 0 Å². The summed E-state index contributed by atoms with van der Waals surface area (Å²) in [6.07, 6.45) is 9.35. The van der Waals surface area contributed by atoms with Gasteiger partial charge in [0.1, 0.15) is 0 Å². The standard InChI is InChI=1S/C37H32.V/c1-25(24-26-13-4-2-5-14-26)12-8-17-28-18-9-20-32-33-23-11-22-31-29-19-10-21-30(29)34(27-15-6-3-7-16-27)37(35(28)32)36(31)33;/h2-9,11-16,18,20,22-23,29-30,34,37H,1,10,19,21,24H2;. The van der Waals surface area contributed by atoms with E-state index in [-0.39, 0.29) is 0 Å². The number of benzene rings is 4. The zero-order valence-electron chi connectivity index (χ0n) is 21.7. The molecule has 3 aliphatic carbocycles. The normalized spacial score (nSPS) is 22.6. The van der Waals surface area contributed by atoms with E-state index in [2.05, 4.69) is 133 Å². The molecule has 1 heteroatoms. The first-order valence-electron chi connectivity index (χ1n) is 14.0. The molecule has 0 aromatic heterocycles. The van der Waals surface area contributed by atoms with Gasteiger partial charge in [-0.25, -0.2) is 0 Å². The average molecular weight is 528 g/mol. The Morgan fingerprint density at radius 2 is 1.47 bits per heavy atom. The van der Waals surface area contributed by atoms with Crippen LogP contribution in [0, 0.1) is 5.92 Å². The van der Waals surface area contributed by atoms with Crippen molar-refractivity contribution in [2.45, 2.75) is 43.4 Å². The van der Waals surface area contributed by atoms with Crippen LogP contribution >= 0.6 is 0 Å². The second-order valence-corrected chi connectivity index (χ2v) is 12.0. The number of hydrogen-bond donors (Lipinski definition) is 0. The molecular weight excluding hydrogens is 495 g/mol. The summed E-state index contributed by atoms with van der Waals surface area (Å²) < 4.78 is 1.26. The quantitative estimate of drug-likeness (QED) is 0.220. The molecule has 0 nitrogen and oxygen atoms in total. The van der Waals surface area contributed by atoms with E-state index in [1.807, 2.05) is 0 Å². The third kappa shape index (κ3) is 3.94. The van der Waals surface area contributed by atoms with E-state index in [9.17, 15) is 0 Å². The summed E-state index contributed by atoms with van der Waals surface area (Å²) in [5.74, 6) is 2.33. The summed E-state index contributed by atoms with van der Waals surface area (Å²) in [6, 6.07) is 36.1. The van der Waals surface area contributed by atoms with Gasteiger partial charge in [-0.3, -0.25) is 0 Å². The van der Waals surface area contributed by atoms with Gasteiger partial charge >= 0.3 is 236 Å². The molecule has 4 aromatic rings. The fraction of sp³-hybridized carbons (Fsp3) is 0.216. The zero-order chi connectivity index (χ0) is 25.6. The first-order valence-corrected chi connectivity index (χ1v) is 14.7. The number of fused-ring (bicyclic) bond motifs is 5. The molecule has 3 aliphatic rings. The summed E-state index contributed by atoms with van der Waals surface area (Å²) in [7, 11) is 0. The summed E-state index contributed by atoms with van der Waals surface area (Å²) in [5.41, 5.74) is 13.0. The summed E-state index contributed by atoms with van der Waals surface area (Å²) >= 11 is 2.86. The van der Waals surface area contributed by atoms with Gasteiger partial charge in [-0.1, -0.05) is 0 Å². The van der Waals surface area contributed by atoms with Crippen molar-refractivity contribution in [1.82, 2.24) is 0 Å². The van der Waals surface area contributed by atoms with Crippen LogP contribution in [0.2, 0.25) is 0 Å². The van der Waals surface area contributed by atoms with Gasteiger partial charge in [-0.05, 0) is 0 Å². The predicted molar refractivity (Wildman–Crippen MR) is 156 cm³/mol. The Hall–Kier alpha value is -3.19. The maximum atomic E-state index is 4.35. The number of hydrogen-bond acceptors (Lipinski definition) is 0. The monoisotopic (exact) mass is 527 g/mol. The van der Waals surface area contributed by atoms with Crippen molar-refractivity contribution in [2.24, 2.45) is 5.92 Å². The second-order valence-electron chi connectivity index (χ2n) is 11.2. The molecule has 0 aliphatic heterocycles. The van der Waals surface area contributed by atoms with Gasteiger partial charge in [0, 0.05) is 0 Å². The third-order valence-corrected chi connectivity index (χ3v) is 9.77. The van der Waals surface area contributed by atoms with Crippen molar-refractivity contribution < 1.29 is 17.0 Å². The van der Waals surface area contributed by atoms with Crippen molar-refractivity contribution in [1.29, 1.82) is 0 Å². The van der Waals surface area contributed by atoms with Gasteiger partial charge in [0.15, 0.2) is 0 Å². The Morgan fingerprint density at radius 3 is 2.26 bits per heavy atom. The van der Waals surface area contributed by atoms with Crippen LogP contribution in [0.1, 0.15) is 70.4 Å². The fourth-order valence-electron chi connectivity index (χ4n) is 7.72. The van der Waals surface area contributed by atoms with E-state index < -0.39 is 0 Å². The Bertz CT molecular complexity index is 1560. The van der Waals surface area contributed by atoms with Gasteiger partial charge in [0.2, 0.25) is 0 Å². The molecule has 0 spiro atoms. The van der Waals surface area contributed by atoms with E-state index >= 15 is 0 Å². The van der Waals surface area contributed by atoms with Gasteiger partial charge in [-0.2, -0.15) is 0 Å². The summed E-state index contributed by atoms with van der Waals surface area (Å²) in [5, 5.41) is 0. The molecular formula is C37H32V. The molecule has 0 amide bonds. The Balaban J connectivity index is 1.32. The molecule has 4 atom stereocenters. The Morgan fingerprint density at radius 1 is 0.763 bits per heavy atom. The molecule has 0 saturated heterocycles. The predicted octanol–water partition coefficient (Wildman–Crippen LogP) is 8.90. The first kappa shape index (κ1) is 23.9. The van der Waals surface area contributed by atoms with Crippen molar-refractivity contribution in [3.63, 3.8) is 0 Å². The summed E-state index contributed by atoms with van der Waals surface area (Å²) in [4.78, 5) is 0. The van der Waals surface area contributed by atoms with Gasteiger partial charge in [0.25, 0.3) is 0 Å². The van der Waals surface area contributed by atoms with Crippen molar-refractivity contribution in [3.05, 3.63) is 155 Å². The Labute approximate surface area is 235 Å². The third-order valence-electron chi connectivity index (χ3n) is 9.16. The molecule has 0 radical (unpaired) electrons. The number of rotatable bonds is 6. The SMILES string of the molecule is C=C(C=C[C](=[V])c1cccc2c1C1c3c-2cccc3C2CCCC2C1c1ccccc1)Cc1ccccc1. The minimum atomic E-state index is 0.411. The van der Waals surface area contributed by atoms with Crippen LogP contribution < -0.4 is 0 Å². The van der Waals surface area contributed by atoms with Gasteiger partial charge in [-0.15, -0.1) is 0 Å². The number of allylic oxidation sites excluding steroid dienone is 3. The van der Waals surface area contributed by atoms with Crippen molar-refractivity contribution in [3.8, 4) is 11.1 Å². The molecule has 0 bridgehead atoms. The van der Waals surface area contributed by atoms with E-state index in [0.717, 1.165) is 12.0 Å². The molecule has 0 N–H and O–H groups in total. The fourth-order valence-corrected chi connectivity index (χ4v) is 8.14. The maximum absolute atomic E-state index is 4.35. The molecule has 185 valence electrons. The van der Waals surface area contributed by atoms with E-state index in [4.69, 9.17) is 0 Å². The van der Waals surface area contributed by atoms with E-state index in [0.29, 0.717) is 23.7 Å². The second kappa shape index (κ2) is 9.85. The van der Waals surface area contributed by atoms with Crippen LogP contribution in [0.4, 0.5) is 0 Å². The van der Waals surface area contributed by atoms with Crippen molar-refractivity contribution >= 4 is 4.23 Å². The summed E-state index contributed by atoms with van der Waals surface area (Å²) in [6.45, 7) is 4.35. The molecule has 1 fully saturated rings. The Kier molecular flexibility index (Phi) is 6.19. The van der Waals surface area contributed by atoms with Gasteiger partial charge < -0.3 is 0 Å². The zero-order valence-corrected chi connectivity index (χ0v) is 23.1. The van der Waals surface area contributed by atoms with Crippen molar-refractivity contribution in [2.75, 3.05) is 0 Å². The average Bonchev–Trinajstić information content (AvgIpc) is 3.58. The minimum absolute atomic E-state index is 0.411. The van der Waals surface area contributed by atoms with Crippen LogP contribution in [-0.4, -0.2) is 4.23 Å². The molecule has 0 heterocycles. The van der Waals surface area contributed by atoms with Crippen LogP contribution in [-0.2, 0) is 23.4 Å². The van der Waals surface area contributed by atoms with Crippen LogP contribution in [0.25, 0.3) is 11.1 Å². The van der Waals surface area contributed by atoms with E-state index in [1.165, 1.54) is 56.9 Å². The first-order chi connectivity index (χ1) is 18.7. The van der Waals surface area contributed by atoms with E-state index in [1.54, 1.807) is 11.1 Å². The topological polar surface area (TPSA) is 0 Å².